The predicted octanol–water partition coefficient (Wildman–Crippen LogP) is 1.75. The molecule has 0 aromatic carbocycles. The van der Waals surface area contributed by atoms with Crippen molar-refractivity contribution in [1.29, 1.82) is 0 Å². The molecule has 0 aliphatic rings. The minimum Gasteiger partial charge on any atom is -0.255 e. The second kappa shape index (κ2) is 5.60. The summed E-state index contributed by atoms with van der Waals surface area (Å²) in [4.78, 5) is 3.91. The van der Waals surface area contributed by atoms with E-state index in [1.807, 2.05) is 13.8 Å². The van der Waals surface area contributed by atoms with E-state index in [1.54, 1.807) is 12.1 Å². The Kier molecular flexibility index (Phi) is 4.69. The summed E-state index contributed by atoms with van der Waals surface area (Å²) in [5.74, 6) is 0.550. The van der Waals surface area contributed by atoms with Crippen LogP contribution in [-0.4, -0.2) is 19.9 Å². The summed E-state index contributed by atoms with van der Waals surface area (Å²) in [6.07, 6.45) is 1.53. The standard InChI is InChI=1S/C9H14BrN3O2S/c1-7(2)5-12-16(14,15)13-9-4-3-8(10)6-11-9/h3-4,6-7,12H,5H2,1-2H3,(H,11,13). The molecule has 5 nitrogen and oxygen atoms in total. The third-order valence-electron chi connectivity index (χ3n) is 1.65. The Morgan fingerprint density at radius 3 is 2.62 bits per heavy atom. The number of nitrogens with zero attached hydrogens (tertiary/aromatic N) is 1. The average molecular weight is 308 g/mol. The van der Waals surface area contributed by atoms with Crippen LogP contribution in [-0.2, 0) is 10.2 Å². The van der Waals surface area contributed by atoms with Gasteiger partial charge in [0.05, 0.1) is 0 Å². The lowest BCUT2D eigenvalue weighted by atomic mass is 10.2. The SMILES string of the molecule is CC(C)CNS(=O)(=O)Nc1ccc(Br)cn1. The highest BCUT2D eigenvalue weighted by Gasteiger charge is 2.10. The van der Waals surface area contributed by atoms with E-state index in [9.17, 15) is 8.42 Å². The first-order valence-electron chi connectivity index (χ1n) is 4.78. The maximum atomic E-state index is 11.5. The van der Waals surface area contributed by atoms with E-state index < -0.39 is 10.2 Å². The van der Waals surface area contributed by atoms with Crippen molar-refractivity contribution in [2.45, 2.75) is 13.8 Å². The molecule has 90 valence electrons. The van der Waals surface area contributed by atoms with Crippen LogP contribution < -0.4 is 9.44 Å². The van der Waals surface area contributed by atoms with E-state index in [4.69, 9.17) is 0 Å². The number of hydrogen-bond donors (Lipinski definition) is 2. The fourth-order valence-corrected chi connectivity index (χ4v) is 2.14. The number of pyridine rings is 1. The maximum Gasteiger partial charge on any atom is 0.300 e. The summed E-state index contributed by atoms with van der Waals surface area (Å²) in [5.41, 5.74) is 0. The first-order valence-corrected chi connectivity index (χ1v) is 7.05. The van der Waals surface area contributed by atoms with Gasteiger partial charge in [-0.2, -0.15) is 13.1 Å². The highest BCUT2D eigenvalue weighted by molar-refractivity contribution is 9.10. The zero-order valence-corrected chi connectivity index (χ0v) is 11.5. The Morgan fingerprint density at radius 1 is 1.44 bits per heavy atom. The van der Waals surface area contributed by atoms with Crippen molar-refractivity contribution in [3.05, 3.63) is 22.8 Å². The first-order chi connectivity index (χ1) is 7.39. The molecule has 0 spiro atoms. The van der Waals surface area contributed by atoms with Gasteiger partial charge in [-0.25, -0.2) is 4.98 Å². The maximum absolute atomic E-state index is 11.5. The van der Waals surface area contributed by atoms with Gasteiger partial charge in [0.15, 0.2) is 0 Å². The lowest BCUT2D eigenvalue weighted by Gasteiger charge is -2.10. The smallest absolute Gasteiger partial charge is 0.255 e. The molecule has 0 saturated carbocycles. The van der Waals surface area contributed by atoms with Gasteiger partial charge in [-0.15, -0.1) is 0 Å². The molecule has 0 bridgehead atoms. The largest absolute Gasteiger partial charge is 0.300 e. The monoisotopic (exact) mass is 307 g/mol. The summed E-state index contributed by atoms with van der Waals surface area (Å²) in [6.45, 7) is 4.26. The molecule has 0 aliphatic heterocycles. The highest BCUT2D eigenvalue weighted by Crippen LogP contribution is 2.11. The summed E-state index contributed by atoms with van der Waals surface area (Å²) < 4.78 is 28.6. The van der Waals surface area contributed by atoms with Gasteiger partial charge in [0, 0.05) is 17.2 Å². The number of hydrogen-bond acceptors (Lipinski definition) is 3. The number of anilines is 1. The molecule has 0 saturated heterocycles. The topological polar surface area (TPSA) is 71.1 Å². The fourth-order valence-electron chi connectivity index (χ4n) is 0.886. The minimum atomic E-state index is -3.52. The fraction of sp³-hybridized carbons (Fsp3) is 0.444. The number of halogens is 1. The van der Waals surface area contributed by atoms with Crippen LogP contribution >= 0.6 is 15.9 Å². The third-order valence-corrected chi connectivity index (χ3v) is 3.14. The van der Waals surface area contributed by atoms with Gasteiger partial charge in [-0.3, -0.25) is 4.72 Å². The van der Waals surface area contributed by atoms with Crippen LogP contribution in [0.25, 0.3) is 0 Å². The molecule has 0 atom stereocenters. The van der Waals surface area contributed by atoms with E-state index in [-0.39, 0.29) is 5.92 Å². The van der Waals surface area contributed by atoms with E-state index in [1.165, 1.54) is 6.20 Å². The molecule has 1 heterocycles. The summed E-state index contributed by atoms with van der Waals surface area (Å²) in [7, 11) is -3.52. The Bertz CT molecular complexity index is 431. The second-order valence-corrected chi connectivity index (χ2v) is 6.12. The van der Waals surface area contributed by atoms with E-state index >= 15 is 0 Å². The molecule has 2 N–H and O–H groups in total. The van der Waals surface area contributed by atoms with Crippen LogP contribution in [0.1, 0.15) is 13.8 Å². The van der Waals surface area contributed by atoms with Crippen molar-refractivity contribution in [3.63, 3.8) is 0 Å². The molecule has 0 fully saturated rings. The molecule has 7 heteroatoms. The predicted molar refractivity (Wildman–Crippen MR) is 67.3 cm³/mol. The first kappa shape index (κ1) is 13.4. The molecule has 0 aliphatic carbocycles. The molecule has 0 amide bonds. The van der Waals surface area contributed by atoms with Crippen molar-refractivity contribution in [2.24, 2.45) is 5.92 Å². The Morgan fingerprint density at radius 2 is 2.12 bits per heavy atom. The molecule has 1 aromatic heterocycles. The van der Waals surface area contributed by atoms with Gasteiger partial charge < -0.3 is 0 Å². The van der Waals surface area contributed by atoms with E-state index in [2.05, 4.69) is 30.4 Å². The summed E-state index contributed by atoms with van der Waals surface area (Å²) >= 11 is 3.22. The van der Waals surface area contributed by atoms with Crippen LogP contribution in [0.4, 0.5) is 5.82 Å². The van der Waals surface area contributed by atoms with Crippen molar-refractivity contribution >= 4 is 32.0 Å². The minimum absolute atomic E-state index is 0.259. The van der Waals surface area contributed by atoms with Crippen LogP contribution in [0.3, 0.4) is 0 Å². The molecular weight excluding hydrogens is 294 g/mol. The van der Waals surface area contributed by atoms with Gasteiger partial charge in [-0.05, 0) is 34.0 Å². The summed E-state index contributed by atoms with van der Waals surface area (Å²) in [6, 6.07) is 3.30. The van der Waals surface area contributed by atoms with Crippen LogP contribution in [0.2, 0.25) is 0 Å². The second-order valence-electron chi connectivity index (χ2n) is 3.71. The average Bonchev–Trinajstić information content (AvgIpc) is 2.19. The van der Waals surface area contributed by atoms with E-state index in [0.29, 0.717) is 12.4 Å². The highest BCUT2D eigenvalue weighted by atomic mass is 79.9. The Balaban J connectivity index is 2.62. The third kappa shape index (κ3) is 4.91. The zero-order valence-electron chi connectivity index (χ0n) is 9.07. The molecular formula is C9H14BrN3O2S. The Labute approximate surface area is 104 Å². The number of aromatic nitrogens is 1. The normalized spacial score (nSPS) is 11.8. The molecule has 0 unspecified atom stereocenters. The van der Waals surface area contributed by atoms with Crippen molar-refractivity contribution in [2.75, 3.05) is 11.3 Å². The molecule has 1 aromatic rings. The van der Waals surface area contributed by atoms with Crippen LogP contribution in [0, 0.1) is 5.92 Å². The van der Waals surface area contributed by atoms with Crippen molar-refractivity contribution < 1.29 is 8.42 Å². The zero-order chi connectivity index (χ0) is 12.2. The number of rotatable bonds is 5. The van der Waals surface area contributed by atoms with Crippen molar-refractivity contribution in [1.82, 2.24) is 9.71 Å². The van der Waals surface area contributed by atoms with Crippen LogP contribution in [0.15, 0.2) is 22.8 Å². The summed E-state index contributed by atoms with van der Waals surface area (Å²) in [5, 5.41) is 0. The lowest BCUT2D eigenvalue weighted by Crippen LogP contribution is -2.33. The Hall–Kier alpha value is -0.660. The van der Waals surface area contributed by atoms with E-state index in [0.717, 1.165) is 4.47 Å². The van der Waals surface area contributed by atoms with Gasteiger partial charge in [-0.1, -0.05) is 13.8 Å². The van der Waals surface area contributed by atoms with Crippen molar-refractivity contribution in [3.8, 4) is 0 Å². The van der Waals surface area contributed by atoms with Gasteiger partial charge in [0.1, 0.15) is 5.82 Å². The lowest BCUT2D eigenvalue weighted by molar-refractivity contribution is 0.564. The quantitative estimate of drug-likeness (QED) is 0.870. The van der Waals surface area contributed by atoms with Crippen LogP contribution in [0.5, 0.6) is 0 Å². The van der Waals surface area contributed by atoms with Gasteiger partial charge in [0.2, 0.25) is 0 Å². The number of nitrogens with one attached hydrogen (secondary N) is 2. The van der Waals surface area contributed by atoms with Gasteiger partial charge in [0.25, 0.3) is 10.2 Å². The molecule has 1 rings (SSSR count). The molecule has 0 radical (unpaired) electrons. The molecule has 16 heavy (non-hydrogen) atoms. The van der Waals surface area contributed by atoms with Gasteiger partial charge >= 0.3 is 0 Å².